The predicted octanol–water partition coefficient (Wildman–Crippen LogP) is 4.37. The van der Waals surface area contributed by atoms with Crippen molar-refractivity contribution in [1.29, 1.82) is 5.41 Å². The molecule has 0 aromatic heterocycles. The molecular formula is C22H25F4N5O4. The van der Waals surface area contributed by atoms with Crippen LogP contribution in [0, 0.1) is 11.2 Å². The normalized spacial score (nSPS) is 10.9. The van der Waals surface area contributed by atoms with Gasteiger partial charge in [-0.25, -0.2) is 9.87 Å². The number of ether oxygens (including phenoxy) is 1. The number of unbranched alkanes of at least 4 members (excludes halogenated alkanes) is 3. The minimum Gasteiger partial charge on any atom is -0.406 e. The van der Waals surface area contributed by atoms with Crippen molar-refractivity contribution in [1.82, 2.24) is 10.8 Å². The molecule has 6 N–H and O–H groups in total. The third kappa shape index (κ3) is 10.3. The molecule has 0 bridgehead atoms. The van der Waals surface area contributed by atoms with E-state index in [9.17, 15) is 27.2 Å². The van der Waals surface area contributed by atoms with Crippen LogP contribution in [0.2, 0.25) is 0 Å². The smallest absolute Gasteiger partial charge is 0.406 e. The lowest BCUT2D eigenvalue weighted by Gasteiger charge is -2.13. The molecule has 190 valence electrons. The number of hydrogen-bond donors (Lipinski definition) is 6. The number of hydrogen-bond acceptors (Lipinski definition) is 5. The minimum absolute atomic E-state index is 0.0806. The highest BCUT2D eigenvalue weighted by atomic mass is 19.4. The summed E-state index contributed by atoms with van der Waals surface area (Å²) in [6.07, 6.45) is -1.79. The van der Waals surface area contributed by atoms with Crippen molar-refractivity contribution in [3.8, 4) is 5.75 Å². The number of anilines is 2. The molecule has 2 rings (SSSR count). The monoisotopic (exact) mass is 499 g/mol. The van der Waals surface area contributed by atoms with E-state index in [4.69, 9.17) is 10.6 Å². The summed E-state index contributed by atoms with van der Waals surface area (Å²) < 4.78 is 54.8. The van der Waals surface area contributed by atoms with Gasteiger partial charge in [-0.2, -0.15) is 0 Å². The first-order valence-corrected chi connectivity index (χ1v) is 10.6. The quantitative estimate of drug-likeness (QED) is 0.0679. The number of carbonyl (C=O) groups is 2. The van der Waals surface area contributed by atoms with Crippen LogP contribution in [0.3, 0.4) is 0 Å². The van der Waals surface area contributed by atoms with Crippen molar-refractivity contribution in [3.05, 3.63) is 53.8 Å². The highest BCUT2D eigenvalue weighted by Gasteiger charge is 2.30. The molecule has 0 radical (unpaired) electrons. The Bertz CT molecular complexity index is 1020. The fourth-order valence-electron chi connectivity index (χ4n) is 2.93. The molecule has 0 saturated heterocycles. The lowest BCUT2D eigenvalue weighted by atomic mass is 10.1. The first-order chi connectivity index (χ1) is 16.6. The number of nitrogens with one attached hydrogen (secondary N) is 5. The van der Waals surface area contributed by atoms with Crippen molar-refractivity contribution in [2.24, 2.45) is 0 Å². The summed E-state index contributed by atoms with van der Waals surface area (Å²) in [6.45, 7) is 0.369. The van der Waals surface area contributed by atoms with Crippen LogP contribution in [0.1, 0.15) is 42.5 Å². The van der Waals surface area contributed by atoms with Crippen LogP contribution in [0.15, 0.2) is 42.5 Å². The number of alkyl halides is 3. The van der Waals surface area contributed by atoms with E-state index in [1.165, 1.54) is 24.3 Å². The third-order valence-corrected chi connectivity index (χ3v) is 4.59. The Morgan fingerprint density at radius 1 is 0.971 bits per heavy atom. The summed E-state index contributed by atoms with van der Waals surface area (Å²) in [5.74, 6) is -2.46. The zero-order valence-electron chi connectivity index (χ0n) is 18.5. The van der Waals surface area contributed by atoms with E-state index < -0.39 is 29.7 Å². The maximum Gasteiger partial charge on any atom is 0.573 e. The van der Waals surface area contributed by atoms with E-state index in [2.05, 4.69) is 20.7 Å². The van der Waals surface area contributed by atoms with E-state index in [1.807, 2.05) is 0 Å². The zero-order chi connectivity index (χ0) is 25.8. The molecule has 0 fully saturated rings. The van der Waals surface area contributed by atoms with Crippen LogP contribution in [0.25, 0.3) is 0 Å². The van der Waals surface area contributed by atoms with Crippen LogP contribution in [0.4, 0.5) is 28.9 Å². The maximum absolute atomic E-state index is 14.4. The number of rotatable bonds is 11. The van der Waals surface area contributed by atoms with E-state index in [0.717, 1.165) is 31.0 Å². The summed E-state index contributed by atoms with van der Waals surface area (Å²) in [5, 5.41) is 24.0. The summed E-state index contributed by atoms with van der Waals surface area (Å²) in [4.78, 5) is 23.1. The highest BCUT2D eigenvalue weighted by molar-refractivity contribution is 6.02. The Hall–Kier alpha value is -3.87. The van der Waals surface area contributed by atoms with E-state index in [1.54, 1.807) is 5.48 Å². The van der Waals surface area contributed by atoms with Crippen molar-refractivity contribution < 1.29 is 37.1 Å². The van der Waals surface area contributed by atoms with Crippen molar-refractivity contribution in [2.75, 3.05) is 17.2 Å². The number of benzene rings is 2. The molecule has 0 saturated carbocycles. The van der Waals surface area contributed by atoms with Crippen LogP contribution in [-0.2, 0) is 4.79 Å². The maximum atomic E-state index is 14.4. The van der Waals surface area contributed by atoms with Gasteiger partial charge in [-0.1, -0.05) is 12.8 Å². The topological polar surface area (TPSA) is 136 Å². The Morgan fingerprint density at radius 2 is 1.66 bits per heavy atom. The number of hydroxylamine groups is 1. The van der Waals surface area contributed by atoms with E-state index in [-0.39, 0.29) is 29.3 Å². The number of guanidine groups is 1. The number of halogens is 4. The third-order valence-electron chi connectivity index (χ3n) is 4.59. The SMILES string of the molecule is N=C(Nc1ccc(OC(F)(F)F)cc1)Nc1ccc(C(=O)NCCCCCCC(=O)NO)cc1F. The number of carbonyl (C=O) groups excluding carboxylic acids is 2. The Kier molecular flexibility index (Phi) is 10.3. The summed E-state index contributed by atoms with van der Waals surface area (Å²) in [7, 11) is 0. The summed E-state index contributed by atoms with van der Waals surface area (Å²) in [6, 6.07) is 8.32. The van der Waals surface area contributed by atoms with Gasteiger partial charge in [0.05, 0.1) is 5.69 Å². The van der Waals surface area contributed by atoms with Gasteiger partial charge in [-0.05, 0) is 55.3 Å². The van der Waals surface area contributed by atoms with E-state index >= 15 is 0 Å². The minimum atomic E-state index is -4.81. The largest absolute Gasteiger partial charge is 0.573 e. The van der Waals surface area contributed by atoms with Gasteiger partial charge in [-0.15, -0.1) is 13.2 Å². The van der Waals surface area contributed by atoms with Gasteiger partial charge in [0, 0.05) is 24.2 Å². The molecule has 0 atom stereocenters. The van der Waals surface area contributed by atoms with Crippen LogP contribution in [-0.4, -0.2) is 35.9 Å². The second-order valence-corrected chi connectivity index (χ2v) is 7.35. The standard InChI is InChI=1S/C22H25F4N5O4/c23-17-13-14(20(33)28-12-4-2-1-3-5-19(32)31-34)6-11-18(17)30-21(27)29-15-7-9-16(10-8-15)35-22(24,25)26/h6-11,13,34H,1-5,12H2,(H,28,33)(H,31,32)(H3,27,29,30). The lowest BCUT2D eigenvalue weighted by molar-refractivity contribution is -0.274. The summed E-state index contributed by atoms with van der Waals surface area (Å²) >= 11 is 0. The van der Waals surface area contributed by atoms with Crippen molar-refractivity contribution in [2.45, 2.75) is 38.5 Å². The molecule has 0 spiro atoms. The summed E-state index contributed by atoms with van der Waals surface area (Å²) in [5.41, 5.74) is 1.83. The fraction of sp³-hybridized carbons (Fsp3) is 0.318. The lowest BCUT2D eigenvalue weighted by Crippen LogP contribution is -2.25. The molecular weight excluding hydrogens is 474 g/mol. The van der Waals surface area contributed by atoms with Crippen molar-refractivity contribution >= 4 is 29.1 Å². The highest BCUT2D eigenvalue weighted by Crippen LogP contribution is 2.24. The Labute approximate surface area is 198 Å². The zero-order valence-corrected chi connectivity index (χ0v) is 18.5. The predicted molar refractivity (Wildman–Crippen MR) is 120 cm³/mol. The first-order valence-electron chi connectivity index (χ1n) is 10.6. The molecule has 0 unspecified atom stereocenters. The Balaban J connectivity index is 1.77. The van der Waals surface area contributed by atoms with Gasteiger partial charge in [0.25, 0.3) is 5.91 Å². The first kappa shape index (κ1) is 27.4. The molecule has 2 amide bonds. The molecule has 9 nitrogen and oxygen atoms in total. The molecule has 0 aliphatic carbocycles. The van der Waals surface area contributed by atoms with Crippen LogP contribution < -0.4 is 26.2 Å². The van der Waals surface area contributed by atoms with Crippen molar-refractivity contribution in [3.63, 3.8) is 0 Å². The van der Waals surface area contributed by atoms with Gasteiger partial charge in [0.1, 0.15) is 11.6 Å². The molecule has 2 aromatic carbocycles. The molecule has 13 heteroatoms. The second kappa shape index (κ2) is 13.1. The van der Waals surface area contributed by atoms with E-state index in [0.29, 0.717) is 19.4 Å². The van der Waals surface area contributed by atoms with Gasteiger partial charge in [0.2, 0.25) is 5.91 Å². The second-order valence-electron chi connectivity index (χ2n) is 7.35. The van der Waals surface area contributed by atoms with Crippen LogP contribution in [0.5, 0.6) is 5.75 Å². The van der Waals surface area contributed by atoms with Gasteiger partial charge >= 0.3 is 6.36 Å². The van der Waals surface area contributed by atoms with Gasteiger partial charge in [-0.3, -0.25) is 20.2 Å². The molecule has 0 heterocycles. The van der Waals surface area contributed by atoms with Crippen LogP contribution >= 0.6 is 0 Å². The fourth-order valence-corrected chi connectivity index (χ4v) is 2.93. The molecule has 2 aromatic rings. The molecule has 35 heavy (non-hydrogen) atoms. The average Bonchev–Trinajstić information content (AvgIpc) is 2.79. The van der Waals surface area contributed by atoms with Gasteiger partial charge in [0.15, 0.2) is 5.96 Å². The van der Waals surface area contributed by atoms with Gasteiger partial charge < -0.3 is 20.7 Å². The number of amides is 2. The Morgan fingerprint density at radius 3 is 2.29 bits per heavy atom. The molecule has 0 aliphatic heterocycles. The molecule has 0 aliphatic rings. The average molecular weight is 499 g/mol.